The zero-order chi connectivity index (χ0) is 19.2. The Balaban J connectivity index is 1.42. The van der Waals surface area contributed by atoms with E-state index >= 15 is 0 Å². The summed E-state index contributed by atoms with van der Waals surface area (Å²) >= 11 is 0. The van der Waals surface area contributed by atoms with Gasteiger partial charge in [0, 0.05) is 12.6 Å². The molecule has 0 saturated heterocycles. The van der Waals surface area contributed by atoms with Gasteiger partial charge >= 0.3 is 0 Å². The molecule has 2 heterocycles. The van der Waals surface area contributed by atoms with Crippen LogP contribution in [0, 0.1) is 0 Å². The number of carbonyl (C=O) groups is 1. The monoisotopic (exact) mass is 372 g/mol. The molecule has 150 valence electrons. The fourth-order valence-electron chi connectivity index (χ4n) is 3.54. The van der Waals surface area contributed by atoms with E-state index in [-0.39, 0.29) is 5.91 Å². The molecule has 2 aromatic rings. The van der Waals surface area contributed by atoms with Gasteiger partial charge in [0.15, 0.2) is 5.65 Å². The maximum atomic E-state index is 12.3. The van der Waals surface area contributed by atoms with Gasteiger partial charge in [0.05, 0.1) is 11.6 Å². The maximum absolute atomic E-state index is 12.3. The van der Waals surface area contributed by atoms with Crippen LogP contribution in [0.1, 0.15) is 108 Å². The largest absolute Gasteiger partial charge is 0.273 e. The number of rotatable bonds is 15. The molecule has 0 aliphatic heterocycles. The molecule has 0 spiro atoms. The van der Waals surface area contributed by atoms with E-state index in [0.29, 0.717) is 12.1 Å². The molecule has 0 bridgehead atoms. The summed E-state index contributed by atoms with van der Waals surface area (Å²) in [5.41, 5.74) is 0.611. The minimum atomic E-state index is 0.0302. The van der Waals surface area contributed by atoms with Gasteiger partial charge < -0.3 is 0 Å². The Bertz CT molecular complexity index is 653. The molecule has 2 rings (SSSR count). The second-order valence-corrected chi connectivity index (χ2v) is 7.60. The summed E-state index contributed by atoms with van der Waals surface area (Å²) in [5, 5.41) is 4.96. The lowest BCUT2D eigenvalue weighted by Crippen LogP contribution is -2.12. The third-order valence-corrected chi connectivity index (χ3v) is 5.21. The van der Waals surface area contributed by atoms with Gasteiger partial charge in [-0.25, -0.2) is 9.97 Å². The fourth-order valence-corrected chi connectivity index (χ4v) is 3.54. The Kier molecular flexibility index (Phi) is 10.7. The van der Waals surface area contributed by atoms with E-state index in [4.69, 9.17) is 0 Å². The van der Waals surface area contributed by atoms with Crippen molar-refractivity contribution in [1.29, 1.82) is 0 Å². The minimum absolute atomic E-state index is 0.0302. The van der Waals surface area contributed by atoms with Gasteiger partial charge in [0.25, 0.3) is 0 Å². The van der Waals surface area contributed by atoms with Crippen molar-refractivity contribution in [3.05, 3.63) is 18.7 Å². The molecule has 0 amide bonds. The van der Waals surface area contributed by atoms with Crippen molar-refractivity contribution in [2.24, 2.45) is 0 Å². The van der Waals surface area contributed by atoms with Crippen LogP contribution in [0.5, 0.6) is 0 Å². The number of unbranched alkanes of at least 4 members (excludes halogenated alkanes) is 13. The predicted molar refractivity (Wildman–Crippen MR) is 111 cm³/mol. The average molecular weight is 373 g/mol. The normalized spacial score (nSPS) is 11.3. The van der Waals surface area contributed by atoms with Gasteiger partial charge in [-0.05, 0) is 6.42 Å². The quantitative estimate of drug-likeness (QED) is 0.342. The van der Waals surface area contributed by atoms with Crippen LogP contribution in [-0.4, -0.2) is 25.7 Å². The highest BCUT2D eigenvalue weighted by Gasteiger charge is 2.11. The first-order valence-electron chi connectivity index (χ1n) is 11.0. The van der Waals surface area contributed by atoms with Crippen molar-refractivity contribution in [2.75, 3.05) is 0 Å². The van der Waals surface area contributed by atoms with E-state index < -0.39 is 0 Å². The lowest BCUT2D eigenvalue weighted by atomic mass is 10.0. The SMILES string of the molecule is CCCCCCCCCCCCCCCCC(=O)n1ncc2cncnc21. The number of hydrogen-bond donors (Lipinski definition) is 0. The predicted octanol–water partition coefficient (Wildman–Crippen LogP) is 6.34. The second kappa shape index (κ2) is 13.4. The molecule has 0 atom stereocenters. The van der Waals surface area contributed by atoms with Gasteiger partial charge in [0.1, 0.15) is 6.33 Å². The molecule has 0 unspecified atom stereocenters. The standard InChI is InChI=1S/C22H36N4O/c1-2-3-4-5-6-7-8-9-10-11-12-13-14-15-16-21(27)26-22-20(18-25-26)17-23-19-24-22/h17-19H,2-16H2,1H3. The Morgan fingerprint density at radius 3 is 1.96 bits per heavy atom. The topological polar surface area (TPSA) is 60.7 Å². The van der Waals surface area contributed by atoms with Gasteiger partial charge in [-0.3, -0.25) is 4.79 Å². The lowest BCUT2D eigenvalue weighted by molar-refractivity contribution is 0.0888. The van der Waals surface area contributed by atoms with Crippen molar-refractivity contribution in [2.45, 2.75) is 103 Å². The highest BCUT2D eigenvalue weighted by atomic mass is 16.2. The van der Waals surface area contributed by atoms with Gasteiger partial charge in [-0.15, -0.1) is 0 Å². The van der Waals surface area contributed by atoms with Gasteiger partial charge in [-0.1, -0.05) is 90.4 Å². The molecular weight excluding hydrogens is 336 g/mol. The van der Waals surface area contributed by atoms with Crippen LogP contribution >= 0.6 is 0 Å². The number of nitrogens with zero attached hydrogens (tertiary/aromatic N) is 4. The van der Waals surface area contributed by atoms with Gasteiger partial charge in [-0.2, -0.15) is 9.78 Å². The Morgan fingerprint density at radius 1 is 0.815 bits per heavy atom. The summed E-state index contributed by atoms with van der Waals surface area (Å²) in [6.45, 7) is 2.27. The Morgan fingerprint density at radius 2 is 1.37 bits per heavy atom. The summed E-state index contributed by atoms with van der Waals surface area (Å²) in [4.78, 5) is 20.4. The van der Waals surface area contributed by atoms with E-state index in [9.17, 15) is 4.79 Å². The van der Waals surface area contributed by atoms with Crippen LogP contribution in [0.3, 0.4) is 0 Å². The molecular formula is C22H36N4O. The van der Waals surface area contributed by atoms with Crippen molar-refractivity contribution in [1.82, 2.24) is 19.7 Å². The van der Waals surface area contributed by atoms with E-state index in [2.05, 4.69) is 22.0 Å². The molecule has 0 N–H and O–H groups in total. The first-order chi connectivity index (χ1) is 13.3. The average Bonchev–Trinajstić information content (AvgIpc) is 3.12. The third-order valence-electron chi connectivity index (χ3n) is 5.21. The van der Waals surface area contributed by atoms with Crippen molar-refractivity contribution in [3.63, 3.8) is 0 Å². The summed E-state index contributed by atoms with van der Waals surface area (Å²) < 4.78 is 1.42. The number of carbonyl (C=O) groups excluding carboxylic acids is 1. The van der Waals surface area contributed by atoms with E-state index in [1.807, 2.05) is 0 Å². The number of aromatic nitrogens is 4. The molecule has 0 radical (unpaired) electrons. The van der Waals surface area contributed by atoms with E-state index in [1.165, 1.54) is 88.1 Å². The molecule has 0 aliphatic carbocycles. The van der Waals surface area contributed by atoms with Crippen LogP contribution in [0.4, 0.5) is 0 Å². The molecule has 5 nitrogen and oxygen atoms in total. The van der Waals surface area contributed by atoms with Gasteiger partial charge in [0.2, 0.25) is 5.91 Å². The van der Waals surface area contributed by atoms with Crippen LogP contribution < -0.4 is 0 Å². The summed E-state index contributed by atoms with van der Waals surface area (Å²) in [6.07, 6.45) is 23.8. The zero-order valence-electron chi connectivity index (χ0n) is 17.0. The van der Waals surface area contributed by atoms with Crippen LogP contribution in [0.2, 0.25) is 0 Å². The first-order valence-corrected chi connectivity index (χ1v) is 11.0. The van der Waals surface area contributed by atoms with Crippen molar-refractivity contribution >= 4 is 16.9 Å². The fraction of sp³-hybridized carbons (Fsp3) is 0.727. The molecule has 0 fully saturated rings. The molecule has 0 saturated carbocycles. The Hall–Kier alpha value is -1.78. The molecule has 0 aliphatic rings. The minimum Gasteiger partial charge on any atom is -0.273 e. The zero-order valence-corrected chi connectivity index (χ0v) is 17.0. The number of hydrogen-bond acceptors (Lipinski definition) is 4. The molecule has 27 heavy (non-hydrogen) atoms. The van der Waals surface area contributed by atoms with Crippen LogP contribution in [-0.2, 0) is 0 Å². The lowest BCUT2D eigenvalue weighted by Gasteiger charge is -2.04. The smallest absolute Gasteiger partial charge is 0.248 e. The van der Waals surface area contributed by atoms with E-state index in [0.717, 1.165) is 18.2 Å². The maximum Gasteiger partial charge on any atom is 0.248 e. The molecule has 0 aromatic carbocycles. The summed E-state index contributed by atoms with van der Waals surface area (Å²) in [6, 6.07) is 0. The highest BCUT2D eigenvalue weighted by molar-refractivity contribution is 5.88. The summed E-state index contributed by atoms with van der Waals surface area (Å²) in [5.74, 6) is 0.0302. The molecule has 5 heteroatoms. The highest BCUT2D eigenvalue weighted by Crippen LogP contribution is 2.14. The Labute approximate surface area is 164 Å². The molecule has 2 aromatic heterocycles. The summed E-state index contributed by atoms with van der Waals surface area (Å²) in [7, 11) is 0. The second-order valence-electron chi connectivity index (χ2n) is 7.60. The van der Waals surface area contributed by atoms with Crippen LogP contribution in [0.25, 0.3) is 11.0 Å². The van der Waals surface area contributed by atoms with Crippen LogP contribution in [0.15, 0.2) is 18.7 Å². The van der Waals surface area contributed by atoms with Crippen molar-refractivity contribution < 1.29 is 4.79 Å². The van der Waals surface area contributed by atoms with Crippen molar-refractivity contribution in [3.8, 4) is 0 Å². The number of fused-ring (bicyclic) bond motifs is 1. The first kappa shape index (κ1) is 21.5. The van der Waals surface area contributed by atoms with E-state index in [1.54, 1.807) is 12.4 Å². The third kappa shape index (κ3) is 8.19.